The van der Waals surface area contributed by atoms with Crippen molar-refractivity contribution in [2.75, 3.05) is 14.2 Å². The largest absolute Gasteiger partial charge is 0.497 e. The summed E-state index contributed by atoms with van der Waals surface area (Å²) in [5.74, 6) is -0.629. The van der Waals surface area contributed by atoms with E-state index in [0.29, 0.717) is 33.8 Å². The molecule has 4 aliphatic rings. The molecule has 44 heavy (non-hydrogen) atoms. The lowest BCUT2D eigenvalue weighted by Gasteiger charge is -2.12. The third-order valence-corrected chi connectivity index (χ3v) is 7.19. The average molecular weight is 593 g/mol. The van der Waals surface area contributed by atoms with Gasteiger partial charge in [-0.3, -0.25) is 19.2 Å². The van der Waals surface area contributed by atoms with E-state index < -0.39 is 0 Å². The third kappa shape index (κ3) is 7.40. The average Bonchev–Trinajstić information content (AvgIpc) is 3.07. The Morgan fingerprint density at radius 1 is 0.409 bits per heavy atom. The summed E-state index contributed by atoms with van der Waals surface area (Å²) in [5, 5.41) is 11.5. The molecule has 4 aromatic rings. The number of ether oxygens (including phenoxy) is 2. The first-order valence-electron chi connectivity index (χ1n) is 14.0. The lowest BCUT2D eigenvalue weighted by molar-refractivity contribution is 0.0934. The molecule has 0 aliphatic carbocycles. The van der Waals surface area contributed by atoms with E-state index in [1.165, 1.54) is 26.4 Å². The molecule has 0 saturated heterocycles. The minimum atomic E-state index is -0.351. The molecule has 4 heterocycles. The highest BCUT2D eigenvalue weighted by molar-refractivity contribution is 6.01. The Kier molecular flexibility index (Phi) is 9.19. The second kappa shape index (κ2) is 13.6. The molecule has 4 N–H and O–H groups in total. The summed E-state index contributed by atoms with van der Waals surface area (Å²) >= 11 is 0. The maximum atomic E-state index is 13.0. The number of amides is 4. The van der Waals surface area contributed by atoms with Crippen LogP contribution in [-0.4, -0.2) is 37.8 Å². The molecule has 0 radical (unpaired) electrons. The minimum Gasteiger partial charge on any atom is -0.497 e. The number of methoxy groups -OCH3 is 2. The molecule has 0 spiro atoms. The van der Waals surface area contributed by atoms with E-state index in [4.69, 9.17) is 9.47 Å². The SMILES string of the molecule is COc1cc2cc(c1)C(=O)NCc1ccc(cc1)CNC(=O)c1cc(OC)cc(c1)C(=O)NCc1ccc(cc1)CNC2=O. The summed E-state index contributed by atoms with van der Waals surface area (Å²) in [6.07, 6.45) is 0. The van der Waals surface area contributed by atoms with Gasteiger partial charge in [-0.05, 0) is 58.7 Å². The van der Waals surface area contributed by atoms with Gasteiger partial charge in [-0.2, -0.15) is 0 Å². The first-order valence-corrected chi connectivity index (χ1v) is 14.0. The molecule has 0 saturated carbocycles. The second-order valence-corrected chi connectivity index (χ2v) is 10.3. The van der Waals surface area contributed by atoms with Crippen LogP contribution in [0.4, 0.5) is 0 Å². The highest BCUT2D eigenvalue weighted by atomic mass is 16.5. The molecule has 4 aromatic carbocycles. The summed E-state index contributed by atoms with van der Waals surface area (Å²) in [6.45, 7) is 1.04. The van der Waals surface area contributed by atoms with Gasteiger partial charge in [-0.25, -0.2) is 0 Å². The van der Waals surface area contributed by atoms with Crippen LogP contribution in [0.25, 0.3) is 0 Å². The smallest absolute Gasteiger partial charge is 0.251 e. The first-order chi connectivity index (χ1) is 21.3. The van der Waals surface area contributed by atoms with Crippen molar-refractivity contribution in [2.24, 2.45) is 0 Å². The van der Waals surface area contributed by atoms with Crippen LogP contribution < -0.4 is 30.7 Å². The second-order valence-electron chi connectivity index (χ2n) is 10.3. The molecule has 8 rings (SSSR count). The van der Waals surface area contributed by atoms with Crippen molar-refractivity contribution < 1.29 is 28.7 Å². The lowest BCUT2D eigenvalue weighted by atomic mass is 10.1. The van der Waals surface area contributed by atoms with E-state index >= 15 is 0 Å². The van der Waals surface area contributed by atoms with Crippen LogP contribution in [-0.2, 0) is 26.2 Å². The van der Waals surface area contributed by atoms with Gasteiger partial charge in [0.05, 0.1) is 14.2 Å². The van der Waals surface area contributed by atoms with Crippen molar-refractivity contribution in [1.29, 1.82) is 0 Å². The van der Waals surface area contributed by atoms with Gasteiger partial charge < -0.3 is 30.7 Å². The Labute approximate surface area is 254 Å². The first kappa shape index (κ1) is 29.8. The van der Waals surface area contributed by atoms with E-state index in [0.717, 1.165) is 22.3 Å². The minimum absolute atomic E-state index is 0.259. The Morgan fingerprint density at radius 3 is 0.841 bits per heavy atom. The van der Waals surface area contributed by atoms with Crippen LogP contribution in [0.3, 0.4) is 0 Å². The van der Waals surface area contributed by atoms with E-state index in [1.807, 2.05) is 48.5 Å². The molecule has 0 atom stereocenters. The van der Waals surface area contributed by atoms with Gasteiger partial charge in [-0.15, -0.1) is 0 Å². The molecule has 10 heteroatoms. The fraction of sp³-hybridized carbons (Fsp3) is 0.176. The van der Waals surface area contributed by atoms with Crippen LogP contribution in [0.15, 0.2) is 84.9 Å². The zero-order valence-electron chi connectivity index (χ0n) is 24.4. The Balaban J connectivity index is 1.41. The monoisotopic (exact) mass is 592 g/mol. The van der Waals surface area contributed by atoms with Gasteiger partial charge in [0.25, 0.3) is 23.6 Å². The van der Waals surface area contributed by atoms with Gasteiger partial charge in [0, 0.05) is 48.4 Å². The summed E-state index contributed by atoms with van der Waals surface area (Å²) in [6, 6.07) is 24.2. The maximum Gasteiger partial charge on any atom is 0.251 e. The zero-order chi connectivity index (χ0) is 31.1. The lowest BCUT2D eigenvalue weighted by Crippen LogP contribution is -2.26. The van der Waals surface area contributed by atoms with Crippen molar-refractivity contribution in [3.05, 3.63) is 129 Å². The van der Waals surface area contributed by atoms with Crippen molar-refractivity contribution >= 4 is 23.6 Å². The molecular weight excluding hydrogens is 560 g/mol. The van der Waals surface area contributed by atoms with E-state index in [-0.39, 0.29) is 49.8 Å². The molecule has 0 aromatic heterocycles. The van der Waals surface area contributed by atoms with E-state index in [9.17, 15) is 19.2 Å². The van der Waals surface area contributed by atoms with Crippen LogP contribution in [0.1, 0.15) is 63.7 Å². The highest BCUT2D eigenvalue weighted by Crippen LogP contribution is 2.19. The van der Waals surface area contributed by atoms with Crippen LogP contribution in [0.2, 0.25) is 0 Å². The van der Waals surface area contributed by atoms with Crippen molar-refractivity contribution in [1.82, 2.24) is 21.3 Å². The van der Waals surface area contributed by atoms with Crippen LogP contribution in [0.5, 0.6) is 11.5 Å². The molecular formula is C34H32N4O6. The Hall–Kier alpha value is -5.64. The number of rotatable bonds is 2. The number of benzene rings is 4. The molecule has 4 amide bonds. The Morgan fingerprint density at radius 2 is 0.636 bits per heavy atom. The molecule has 8 bridgehead atoms. The summed E-state index contributed by atoms with van der Waals surface area (Å²) in [5.41, 5.74) is 4.58. The molecule has 4 aliphatic heterocycles. The molecule has 0 unspecified atom stereocenters. The third-order valence-electron chi connectivity index (χ3n) is 7.19. The molecule has 10 nitrogen and oxygen atoms in total. The van der Waals surface area contributed by atoms with Gasteiger partial charge in [0.2, 0.25) is 0 Å². The van der Waals surface area contributed by atoms with Gasteiger partial charge >= 0.3 is 0 Å². The highest BCUT2D eigenvalue weighted by Gasteiger charge is 2.16. The quantitative estimate of drug-likeness (QED) is 0.280. The van der Waals surface area contributed by atoms with E-state index in [1.54, 1.807) is 24.3 Å². The van der Waals surface area contributed by atoms with Gasteiger partial charge in [0.1, 0.15) is 11.5 Å². The normalized spacial score (nSPS) is 14.2. The van der Waals surface area contributed by atoms with Gasteiger partial charge in [-0.1, -0.05) is 48.5 Å². The van der Waals surface area contributed by atoms with Crippen molar-refractivity contribution in [3.8, 4) is 11.5 Å². The maximum absolute atomic E-state index is 13.0. The summed E-state index contributed by atoms with van der Waals surface area (Å²) < 4.78 is 10.7. The number of hydrogen-bond acceptors (Lipinski definition) is 6. The predicted octanol–water partition coefficient (Wildman–Crippen LogP) is 3.74. The summed E-state index contributed by atoms with van der Waals surface area (Å²) in [7, 11) is 2.95. The van der Waals surface area contributed by atoms with E-state index in [2.05, 4.69) is 21.3 Å². The van der Waals surface area contributed by atoms with Gasteiger partial charge in [0.15, 0.2) is 0 Å². The van der Waals surface area contributed by atoms with Crippen LogP contribution in [0, 0.1) is 0 Å². The predicted molar refractivity (Wildman–Crippen MR) is 164 cm³/mol. The fourth-order valence-corrected chi connectivity index (χ4v) is 4.65. The standard InChI is InChI=1S/C34H32N4O6/c1-43-29-13-25-11-26(14-29)32(40)36-18-22-5-9-24(10-6-22)20-38-34(42)28-12-27(15-30(16-28)44-2)33(41)37-19-23-7-3-21(4-8-23)17-35-31(25)39/h3-16H,17-20H2,1-2H3,(H,35,39)(H,36,40)(H,37,41)(H,38,42). The Bertz CT molecular complexity index is 1460. The number of carbonyl (C=O) groups is 4. The molecule has 224 valence electrons. The topological polar surface area (TPSA) is 135 Å². The van der Waals surface area contributed by atoms with Crippen LogP contribution >= 0.6 is 0 Å². The van der Waals surface area contributed by atoms with Crippen molar-refractivity contribution in [2.45, 2.75) is 26.2 Å². The fourth-order valence-electron chi connectivity index (χ4n) is 4.65. The molecule has 0 fully saturated rings. The number of hydrogen-bond donors (Lipinski definition) is 4. The number of carbonyl (C=O) groups excluding carboxylic acids is 4. The van der Waals surface area contributed by atoms with Crippen molar-refractivity contribution in [3.63, 3.8) is 0 Å². The zero-order valence-corrected chi connectivity index (χ0v) is 24.4. The summed E-state index contributed by atoms with van der Waals surface area (Å²) in [4.78, 5) is 52.0. The number of nitrogens with one attached hydrogen (secondary N) is 4.